The summed E-state index contributed by atoms with van der Waals surface area (Å²) in [5.74, 6) is -0.533. The fraction of sp³-hybridized carbons (Fsp3) is 0.737. The minimum Gasteiger partial charge on any atom is -0.460 e. The number of nitrogens with one attached hydrogen (secondary N) is 1. The van der Waals surface area contributed by atoms with Crippen LogP contribution in [0.15, 0.2) is 21.9 Å². The van der Waals surface area contributed by atoms with Gasteiger partial charge in [0.2, 0.25) is 0 Å². The fourth-order valence-electron chi connectivity index (χ4n) is 2.93. The van der Waals surface area contributed by atoms with Crippen LogP contribution in [0.1, 0.15) is 59.1 Å². The fourth-order valence-corrected chi connectivity index (χ4v) is 4.19. The second-order valence-electron chi connectivity index (χ2n) is 7.15. The van der Waals surface area contributed by atoms with Crippen molar-refractivity contribution in [3.8, 4) is 0 Å². The maximum Gasteiger partial charge on any atom is 0.474 e. The number of esters is 1. The summed E-state index contributed by atoms with van der Waals surface area (Å²) in [5.41, 5.74) is -1.19. The molecule has 0 aromatic carbocycles. The summed E-state index contributed by atoms with van der Waals surface area (Å²) >= 11 is 0. The first-order chi connectivity index (χ1) is 14.8. The van der Waals surface area contributed by atoms with Crippen LogP contribution >= 0.6 is 7.82 Å². The molecule has 0 saturated carbocycles. The third-order valence-electron chi connectivity index (χ3n) is 4.55. The molecule has 0 spiro atoms. The van der Waals surface area contributed by atoms with Crippen LogP contribution < -0.4 is 11.2 Å². The molecule has 1 fully saturated rings. The van der Waals surface area contributed by atoms with Gasteiger partial charge in [0.05, 0.1) is 19.8 Å². The van der Waals surface area contributed by atoms with E-state index in [1.165, 1.54) is 23.8 Å². The molecule has 11 nitrogen and oxygen atoms in total. The number of phosphoric ester groups is 1. The molecule has 0 bridgehead atoms. The highest BCUT2D eigenvalue weighted by Crippen LogP contribution is 2.50. The molecule has 1 aliphatic heterocycles. The molecule has 1 saturated heterocycles. The van der Waals surface area contributed by atoms with E-state index in [-0.39, 0.29) is 26.2 Å². The number of unbranched alkanes of at least 4 members (excludes halogenated alkanes) is 2. The number of nitrogens with zero attached hydrogens (tertiary/aromatic N) is 1. The van der Waals surface area contributed by atoms with Crippen molar-refractivity contribution in [2.75, 3.05) is 19.8 Å². The lowest BCUT2D eigenvalue weighted by Gasteiger charge is -2.22. The Kier molecular flexibility index (Phi) is 10.1. The quantitative estimate of drug-likeness (QED) is 0.266. The number of carbonyl (C=O) groups excluding carboxylic acids is 1. The molecule has 12 heteroatoms. The molecule has 1 aliphatic rings. The number of H-pyrrole nitrogens is 1. The standard InChI is InChI=1S/C19H31N2O9P/c1-4-6-10-26-31(25,27-11-7-5-2)28-13-16-15(29-14(3)22)12-18(30-16)21-9-8-17(23)20-19(21)24/h8-9,15-16,18H,4-7,10-13H2,1-3H3,(H,20,23,24)/t15-,16+,18+/m0/s1. The Bertz CT molecular complexity index is 854. The van der Waals surface area contributed by atoms with Gasteiger partial charge in [-0.25, -0.2) is 9.36 Å². The first-order valence-electron chi connectivity index (χ1n) is 10.5. The van der Waals surface area contributed by atoms with Crippen LogP contribution in [0.25, 0.3) is 0 Å². The van der Waals surface area contributed by atoms with Crippen molar-refractivity contribution in [2.45, 2.75) is 71.3 Å². The van der Waals surface area contributed by atoms with E-state index in [1.807, 2.05) is 13.8 Å². The number of aromatic amines is 1. The van der Waals surface area contributed by atoms with Crippen LogP contribution in [0.5, 0.6) is 0 Å². The Labute approximate surface area is 180 Å². The molecule has 176 valence electrons. The largest absolute Gasteiger partial charge is 0.474 e. The van der Waals surface area contributed by atoms with E-state index in [1.54, 1.807) is 0 Å². The Balaban J connectivity index is 2.10. The molecule has 0 unspecified atom stereocenters. The second kappa shape index (κ2) is 12.3. The van der Waals surface area contributed by atoms with Gasteiger partial charge in [0.25, 0.3) is 5.56 Å². The molecular weight excluding hydrogens is 431 g/mol. The zero-order valence-electron chi connectivity index (χ0n) is 18.1. The van der Waals surface area contributed by atoms with E-state index >= 15 is 0 Å². The van der Waals surface area contributed by atoms with Gasteiger partial charge < -0.3 is 9.47 Å². The van der Waals surface area contributed by atoms with Crippen molar-refractivity contribution < 1.29 is 32.4 Å². The number of hydrogen-bond donors (Lipinski definition) is 1. The monoisotopic (exact) mass is 462 g/mol. The highest BCUT2D eigenvalue weighted by atomic mass is 31.2. The molecule has 0 amide bonds. The van der Waals surface area contributed by atoms with E-state index in [0.717, 1.165) is 12.8 Å². The van der Waals surface area contributed by atoms with E-state index in [0.29, 0.717) is 12.8 Å². The van der Waals surface area contributed by atoms with Crippen molar-refractivity contribution >= 4 is 13.8 Å². The number of rotatable bonds is 13. The van der Waals surface area contributed by atoms with E-state index in [9.17, 15) is 18.9 Å². The maximum atomic E-state index is 13.0. The Morgan fingerprint density at radius 2 is 1.84 bits per heavy atom. The van der Waals surface area contributed by atoms with Crippen LogP contribution in [0.4, 0.5) is 0 Å². The lowest BCUT2D eigenvalue weighted by molar-refractivity contribution is -0.150. The van der Waals surface area contributed by atoms with Gasteiger partial charge in [-0.3, -0.25) is 32.7 Å². The van der Waals surface area contributed by atoms with Crippen molar-refractivity contribution in [1.29, 1.82) is 0 Å². The maximum absolute atomic E-state index is 13.0. The molecule has 0 radical (unpaired) electrons. The predicted octanol–water partition coefficient (Wildman–Crippen LogP) is 2.51. The lowest BCUT2D eigenvalue weighted by Crippen LogP contribution is -2.32. The highest BCUT2D eigenvalue weighted by molar-refractivity contribution is 7.48. The molecule has 2 rings (SSSR count). The van der Waals surface area contributed by atoms with Gasteiger partial charge >= 0.3 is 19.5 Å². The van der Waals surface area contributed by atoms with Gasteiger partial charge in [-0.15, -0.1) is 0 Å². The Morgan fingerprint density at radius 3 is 2.39 bits per heavy atom. The molecule has 1 aromatic heterocycles. The van der Waals surface area contributed by atoms with Crippen LogP contribution in [0.2, 0.25) is 0 Å². The number of aromatic nitrogens is 2. The van der Waals surface area contributed by atoms with Crippen LogP contribution in [-0.2, 0) is 32.4 Å². The van der Waals surface area contributed by atoms with Crippen LogP contribution in [0, 0.1) is 0 Å². The van der Waals surface area contributed by atoms with Gasteiger partial charge in [-0.2, -0.15) is 0 Å². The number of ether oxygens (including phenoxy) is 2. The average Bonchev–Trinajstić information content (AvgIpc) is 3.08. The zero-order chi connectivity index (χ0) is 22.9. The molecule has 0 aliphatic carbocycles. The number of phosphoric acid groups is 1. The summed E-state index contributed by atoms with van der Waals surface area (Å²) < 4.78 is 41.6. The molecular formula is C19H31N2O9P. The van der Waals surface area contributed by atoms with Gasteiger partial charge in [-0.1, -0.05) is 26.7 Å². The second-order valence-corrected chi connectivity index (χ2v) is 8.82. The van der Waals surface area contributed by atoms with Crippen molar-refractivity contribution in [3.63, 3.8) is 0 Å². The van der Waals surface area contributed by atoms with Crippen LogP contribution in [0.3, 0.4) is 0 Å². The van der Waals surface area contributed by atoms with E-state index in [4.69, 9.17) is 23.0 Å². The summed E-state index contributed by atoms with van der Waals surface area (Å²) in [6.45, 7) is 5.40. The first kappa shape index (κ1) is 25.5. The van der Waals surface area contributed by atoms with Crippen molar-refractivity contribution in [2.24, 2.45) is 0 Å². The average molecular weight is 462 g/mol. The first-order valence-corrected chi connectivity index (χ1v) is 11.9. The Hall–Kier alpha value is -1.78. The SMILES string of the molecule is CCCCOP(=O)(OCCCC)OC[C@H]1O[C@@H](n2ccc(=O)[nH]c2=O)C[C@@H]1OC(C)=O. The topological polar surface area (TPSA) is 135 Å². The summed E-state index contributed by atoms with van der Waals surface area (Å²) in [6.07, 6.45) is 2.17. The van der Waals surface area contributed by atoms with Gasteiger partial charge in [-0.05, 0) is 12.8 Å². The van der Waals surface area contributed by atoms with E-state index < -0.39 is 43.5 Å². The molecule has 3 atom stereocenters. The zero-order valence-corrected chi connectivity index (χ0v) is 19.0. The Morgan fingerprint density at radius 1 is 1.19 bits per heavy atom. The summed E-state index contributed by atoms with van der Waals surface area (Å²) in [4.78, 5) is 37.0. The van der Waals surface area contributed by atoms with Crippen molar-refractivity contribution in [1.82, 2.24) is 9.55 Å². The number of carbonyl (C=O) groups is 1. The molecule has 1 aromatic rings. The van der Waals surface area contributed by atoms with E-state index in [2.05, 4.69) is 4.98 Å². The summed E-state index contributed by atoms with van der Waals surface area (Å²) in [6, 6.07) is 1.19. The highest BCUT2D eigenvalue weighted by Gasteiger charge is 2.41. The molecule has 1 N–H and O–H groups in total. The third-order valence-corrected chi connectivity index (χ3v) is 6.01. The molecule has 31 heavy (non-hydrogen) atoms. The number of hydrogen-bond acceptors (Lipinski definition) is 9. The minimum absolute atomic E-state index is 0.150. The van der Waals surface area contributed by atoms with Gasteiger partial charge in [0.15, 0.2) is 0 Å². The normalized spacial score (nSPS) is 21.3. The third kappa shape index (κ3) is 8.01. The summed E-state index contributed by atoms with van der Waals surface area (Å²) in [5, 5.41) is 0. The van der Waals surface area contributed by atoms with Crippen LogP contribution in [-0.4, -0.2) is 47.5 Å². The predicted molar refractivity (Wildman–Crippen MR) is 111 cm³/mol. The minimum atomic E-state index is -3.84. The lowest BCUT2D eigenvalue weighted by atomic mass is 10.2. The van der Waals surface area contributed by atoms with Gasteiger partial charge in [0, 0.05) is 25.6 Å². The smallest absolute Gasteiger partial charge is 0.460 e. The molecule has 2 heterocycles. The van der Waals surface area contributed by atoms with Gasteiger partial charge in [0.1, 0.15) is 18.4 Å². The van der Waals surface area contributed by atoms with Crippen molar-refractivity contribution in [3.05, 3.63) is 33.1 Å². The summed E-state index contributed by atoms with van der Waals surface area (Å²) in [7, 11) is -3.84.